The maximum absolute atomic E-state index is 12.7. The highest BCUT2D eigenvalue weighted by Gasteiger charge is 2.41. The lowest BCUT2D eigenvalue weighted by molar-refractivity contribution is -0.123. The van der Waals surface area contributed by atoms with Crippen LogP contribution in [0.1, 0.15) is 24.4 Å². The van der Waals surface area contributed by atoms with Crippen molar-refractivity contribution in [1.29, 1.82) is 0 Å². The summed E-state index contributed by atoms with van der Waals surface area (Å²) in [5.41, 5.74) is 1.72. The number of carbonyl (C=O) groups is 1. The molecule has 4 rings (SSSR count). The highest BCUT2D eigenvalue weighted by Crippen LogP contribution is 2.43. The van der Waals surface area contributed by atoms with Crippen LogP contribution >= 0.6 is 11.8 Å². The van der Waals surface area contributed by atoms with Crippen LogP contribution in [0.2, 0.25) is 0 Å². The Morgan fingerprint density at radius 1 is 1.44 bits per heavy atom. The van der Waals surface area contributed by atoms with Gasteiger partial charge in [-0.25, -0.2) is 4.68 Å². The van der Waals surface area contributed by atoms with Crippen molar-refractivity contribution in [3.8, 4) is 11.5 Å². The van der Waals surface area contributed by atoms with Crippen molar-refractivity contribution >= 4 is 23.5 Å². The third-order valence-electron chi connectivity index (χ3n) is 4.61. The lowest BCUT2D eigenvalue weighted by Crippen LogP contribution is -2.38. The number of hydrogen-bond acceptors (Lipinski definition) is 7. The molecule has 1 aromatic heterocycles. The van der Waals surface area contributed by atoms with Crippen molar-refractivity contribution in [3.05, 3.63) is 35.5 Å². The molecule has 0 fully saturated rings. The summed E-state index contributed by atoms with van der Waals surface area (Å²) in [7, 11) is 1.51. The zero-order valence-corrected chi connectivity index (χ0v) is 14.7. The Balaban J connectivity index is 1.90. The number of fused-ring (bicyclic) bond motifs is 2. The standard InChI is InChI=1S/C17H18N4O3S/c1-24-13-8-9(6-7-11(13)22)15-14-10(4-3-5-12(14)23)18-16-19-17(25-2)20-21(15)16/h4,6-8,14-15,22H,3,5H2,1-2H3,(H,18,19,20)/t14-,15-/m0/s1. The summed E-state index contributed by atoms with van der Waals surface area (Å²) in [6.07, 6.45) is 5.22. The number of aromatic hydroxyl groups is 1. The molecule has 0 spiro atoms. The molecule has 25 heavy (non-hydrogen) atoms. The van der Waals surface area contributed by atoms with Gasteiger partial charge in [0.05, 0.1) is 19.1 Å². The minimum Gasteiger partial charge on any atom is -0.504 e. The monoisotopic (exact) mass is 358 g/mol. The van der Waals surface area contributed by atoms with Gasteiger partial charge in [0.1, 0.15) is 5.78 Å². The molecule has 0 saturated heterocycles. The quantitative estimate of drug-likeness (QED) is 0.815. The van der Waals surface area contributed by atoms with Crippen LogP contribution in [0.5, 0.6) is 11.5 Å². The van der Waals surface area contributed by atoms with Crippen molar-refractivity contribution in [2.75, 3.05) is 18.7 Å². The fourth-order valence-electron chi connectivity index (χ4n) is 3.45. The van der Waals surface area contributed by atoms with Gasteiger partial charge in [-0.3, -0.25) is 4.79 Å². The number of allylic oxidation sites excluding steroid dienone is 2. The molecule has 0 saturated carbocycles. The first kappa shape index (κ1) is 16.0. The lowest BCUT2D eigenvalue weighted by atomic mass is 9.81. The van der Waals surface area contributed by atoms with Gasteiger partial charge in [-0.2, -0.15) is 4.98 Å². The van der Waals surface area contributed by atoms with Gasteiger partial charge in [-0.1, -0.05) is 23.9 Å². The molecule has 8 heteroatoms. The Labute approximate surface area is 149 Å². The smallest absolute Gasteiger partial charge is 0.227 e. The van der Waals surface area contributed by atoms with Crippen LogP contribution in [-0.2, 0) is 4.79 Å². The van der Waals surface area contributed by atoms with Crippen molar-refractivity contribution < 1.29 is 14.6 Å². The molecular formula is C17H18N4O3S. The summed E-state index contributed by atoms with van der Waals surface area (Å²) < 4.78 is 7.01. The maximum Gasteiger partial charge on any atom is 0.227 e. The zero-order valence-electron chi connectivity index (χ0n) is 13.9. The number of carbonyl (C=O) groups excluding carboxylic acids is 1. The predicted molar refractivity (Wildman–Crippen MR) is 94.0 cm³/mol. The summed E-state index contributed by atoms with van der Waals surface area (Å²) in [4.78, 5) is 17.2. The molecule has 130 valence electrons. The number of thioether (sulfide) groups is 1. The van der Waals surface area contributed by atoms with E-state index in [9.17, 15) is 9.90 Å². The number of hydrogen-bond donors (Lipinski definition) is 2. The highest BCUT2D eigenvalue weighted by atomic mass is 32.2. The molecule has 2 aromatic rings. The number of anilines is 1. The molecule has 2 atom stereocenters. The van der Waals surface area contributed by atoms with Crippen LogP contribution in [0.15, 0.2) is 35.1 Å². The van der Waals surface area contributed by atoms with Gasteiger partial charge in [0.25, 0.3) is 0 Å². The molecular weight excluding hydrogens is 340 g/mol. The van der Waals surface area contributed by atoms with Crippen LogP contribution in [0.25, 0.3) is 0 Å². The number of nitrogens with zero attached hydrogens (tertiary/aromatic N) is 3. The topological polar surface area (TPSA) is 89.3 Å². The summed E-state index contributed by atoms with van der Waals surface area (Å²) in [6.45, 7) is 0. The molecule has 1 aromatic carbocycles. The van der Waals surface area contributed by atoms with Crippen LogP contribution in [0.3, 0.4) is 0 Å². The second-order valence-corrected chi connectivity index (χ2v) is 6.78. The molecule has 2 heterocycles. The molecule has 2 N–H and O–H groups in total. The largest absolute Gasteiger partial charge is 0.504 e. The van der Waals surface area contributed by atoms with E-state index < -0.39 is 0 Å². The van der Waals surface area contributed by atoms with Gasteiger partial charge in [0, 0.05) is 12.1 Å². The van der Waals surface area contributed by atoms with Crippen molar-refractivity contribution in [2.24, 2.45) is 5.92 Å². The van der Waals surface area contributed by atoms with E-state index in [1.807, 2.05) is 6.26 Å². The van der Waals surface area contributed by atoms with Crippen LogP contribution in [0.4, 0.5) is 5.95 Å². The first-order chi connectivity index (χ1) is 12.1. The number of phenolic OH excluding ortho intramolecular Hbond substituents is 1. The Hall–Kier alpha value is -2.48. The van der Waals surface area contributed by atoms with Crippen LogP contribution < -0.4 is 10.1 Å². The molecule has 1 aliphatic heterocycles. The van der Waals surface area contributed by atoms with Crippen molar-refractivity contribution in [3.63, 3.8) is 0 Å². The average molecular weight is 358 g/mol. The van der Waals surface area contributed by atoms with Crippen molar-refractivity contribution in [1.82, 2.24) is 14.8 Å². The van der Waals surface area contributed by atoms with Gasteiger partial charge >= 0.3 is 0 Å². The molecule has 7 nitrogen and oxygen atoms in total. The Kier molecular flexibility index (Phi) is 3.91. The number of phenols is 1. The zero-order chi connectivity index (χ0) is 17.6. The molecule has 0 bridgehead atoms. The second-order valence-electron chi connectivity index (χ2n) is 6.01. The maximum atomic E-state index is 12.7. The summed E-state index contributed by atoms with van der Waals surface area (Å²) in [5, 5.41) is 18.4. The molecule has 2 aliphatic rings. The van der Waals surface area contributed by atoms with E-state index in [-0.39, 0.29) is 23.5 Å². The normalized spacial score (nSPS) is 21.8. The van der Waals surface area contributed by atoms with E-state index in [1.165, 1.54) is 18.9 Å². The summed E-state index contributed by atoms with van der Waals surface area (Å²) >= 11 is 1.45. The minimum atomic E-state index is -0.341. The van der Waals surface area contributed by atoms with Crippen LogP contribution in [-0.4, -0.2) is 39.0 Å². The number of aromatic nitrogens is 3. The number of ether oxygens (including phenoxy) is 1. The van der Waals surface area contributed by atoms with Gasteiger partial charge in [0.15, 0.2) is 11.5 Å². The summed E-state index contributed by atoms with van der Waals surface area (Å²) in [5.74, 6) is 0.894. The Bertz CT molecular complexity index is 877. The number of benzene rings is 1. The van der Waals surface area contributed by atoms with Crippen molar-refractivity contribution in [2.45, 2.75) is 24.0 Å². The van der Waals surface area contributed by atoms with E-state index in [2.05, 4.69) is 21.5 Å². The first-order valence-corrected chi connectivity index (χ1v) is 9.22. The SMILES string of the molecule is COc1cc([C@H]2[C@@H]3C(=O)CCC=C3Nc3nc(SC)nn32)ccc1O. The van der Waals surface area contributed by atoms with Gasteiger partial charge < -0.3 is 15.2 Å². The highest BCUT2D eigenvalue weighted by molar-refractivity contribution is 7.98. The molecule has 0 amide bonds. The molecule has 0 radical (unpaired) electrons. The number of nitrogens with one attached hydrogen (secondary N) is 1. The number of Topliss-reactive ketones (excluding diaryl/α,β-unsaturated/α-hetero) is 1. The van der Waals surface area contributed by atoms with E-state index in [0.717, 1.165) is 17.7 Å². The van der Waals surface area contributed by atoms with Crippen LogP contribution in [0, 0.1) is 5.92 Å². The Morgan fingerprint density at radius 3 is 3.04 bits per heavy atom. The lowest BCUT2D eigenvalue weighted by Gasteiger charge is -2.36. The number of rotatable bonds is 3. The van der Waals surface area contributed by atoms with E-state index in [0.29, 0.717) is 23.3 Å². The fourth-order valence-corrected chi connectivity index (χ4v) is 3.80. The first-order valence-electron chi connectivity index (χ1n) is 7.99. The van der Waals surface area contributed by atoms with Gasteiger partial charge in [-0.15, -0.1) is 5.10 Å². The third kappa shape index (κ3) is 2.57. The average Bonchev–Trinajstić information content (AvgIpc) is 3.03. The van der Waals surface area contributed by atoms with E-state index >= 15 is 0 Å². The fraction of sp³-hybridized carbons (Fsp3) is 0.353. The molecule has 0 unspecified atom stereocenters. The van der Waals surface area contributed by atoms with E-state index in [1.54, 1.807) is 22.9 Å². The number of ketones is 1. The van der Waals surface area contributed by atoms with Gasteiger partial charge in [-0.05, 0) is 30.4 Å². The second kappa shape index (κ2) is 6.11. The van der Waals surface area contributed by atoms with E-state index in [4.69, 9.17) is 4.74 Å². The Morgan fingerprint density at radius 2 is 2.28 bits per heavy atom. The third-order valence-corrected chi connectivity index (χ3v) is 5.15. The predicted octanol–water partition coefficient (Wildman–Crippen LogP) is 2.59. The molecule has 1 aliphatic carbocycles. The number of methoxy groups -OCH3 is 1. The summed E-state index contributed by atoms with van der Waals surface area (Å²) in [6, 6.07) is 4.82. The van der Waals surface area contributed by atoms with Gasteiger partial charge in [0.2, 0.25) is 11.1 Å². The minimum absolute atomic E-state index is 0.0644.